The Morgan fingerprint density at radius 1 is 1.26 bits per heavy atom. The zero-order valence-electron chi connectivity index (χ0n) is 11.7. The summed E-state index contributed by atoms with van der Waals surface area (Å²) in [5.41, 5.74) is 0.265. The van der Waals surface area contributed by atoms with Crippen LogP contribution < -0.4 is 0 Å². The Labute approximate surface area is 129 Å². The standard InChI is InChI=1S/C14H13NO8/c16-9(5-7-1-3-8(4-2-7)15(21)22)12-13(19)10(6-11(17)18)23-14(12)20/h1-4,10-12,17-18H,5-6H2. The summed E-state index contributed by atoms with van der Waals surface area (Å²) in [6.07, 6.45) is -3.95. The molecule has 23 heavy (non-hydrogen) atoms. The SMILES string of the molecule is O=C(Cc1ccc([N+](=O)[O-])cc1)C1C(=O)OC(CC(O)O)C1=O. The topological polar surface area (TPSA) is 144 Å². The quantitative estimate of drug-likeness (QED) is 0.235. The third-order valence-electron chi connectivity index (χ3n) is 3.37. The number of hydrogen-bond acceptors (Lipinski definition) is 8. The minimum atomic E-state index is -1.83. The van der Waals surface area contributed by atoms with E-state index < -0.39 is 47.2 Å². The third-order valence-corrected chi connectivity index (χ3v) is 3.37. The van der Waals surface area contributed by atoms with E-state index in [4.69, 9.17) is 10.2 Å². The molecule has 0 aromatic heterocycles. The molecule has 0 saturated carbocycles. The van der Waals surface area contributed by atoms with Gasteiger partial charge in [0.05, 0.1) is 4.92 Å². The number of rotatable bonds is 6. The monoisotopic (exact) mass is 323 g/mol. The van der Waals surface area contributed by atoms with Gasteiger partial charge in [0, 0.05) is 25.0 Å². The molecule has 1 heterocycles. The molecule has 1 saturated heterocycles. The van der Waals surface area contributed by atoms with Crippen molar-refractivity contribution in [2.45, 2.75) is 25.2 Å². The van der Waals surface area contributed by atoms with Crippen molar-refractivity contribution >= 4 is 23.2 Å². The molecule has 0 radical (unpaired) electrons. The molecule has 9 nitrogen and oxygen atoms in total. The number of benzene rings is 1. The molecule has 1 aromatic carbocycles. The van der Waals surface area contributed by atoms with Crippen molar-refractivity contribution in [2.75, 3.05) is 0 Å². The highest BCUT2D eigenvalue weighted by Gasteiger charge is 2.47. The van der Waals surface area contributed by atoms with Gasteiger partial charge in [-0.3, -0.25) is 24.5 Å². The summed E-state index contributed by atoms with van der Waals surface area (Å²) in [5, 5.41) is 28.2. The highest BCUT2D eigenvalue weighted by Crippen LogP contribution is 2.23. The summed E-state index contributed by atoms with van der Waals surface area (Å²) in [7, 11) is 0. The fraction of sp³-hybridized carbons (Fsp3) is 0.357. The van der Waals surface area contributed by atoms with Gasteiger partial charge in [-0.25, -0.2) is 0 Å². The van der Waals surface area contributed by atoms with Gasteiger partial charge >= 0.3 is 5.97 Å². The maximum atomic E-state index is 12.1. The number of non-ortho nitro benzene ring substituents is 1. The van der Waals surface area contributed by atoms with Crippen LogP contribution in [0.5, 0.6) is 0 Å². The number of cyclic esters (lactones) is 1. The molecule has 0 bridgehead atoms. The second-order valence-corrected chi connectivity index (χ2v) is 5.04. The van der Waals surface area contributed by atoms with E-state index in [2.05, 4.69) is 4.74 Å². The summed E-state index contributed by atoms with van der Waals surface area (Å²) in [4.78, 5) is 45.6. The zero-order chi connectivity index (χ0) is 17.1. The Balaban J connectivity index is 2.06. The van der Waals surface area contributed by atoms with Crippen LogP contribution in [0.3, 0.4) is 0 Å². The lowest BCUT2D eigenvalue weighted by atomic mass is 9.93. The second-order valence-electron chi connectivity index (χ2n) is 5.04. The third kappa shape index (κ3) is 3.76. The van der Waals surface area contributed by atoms with E-state index in [9.17, 15) is 24.5 Å². The van der Waals surface area contributed by atoms with Gasteiger partial charge in [0.1, 0.15) is 0 Å². The summed E-state index contributed by atoms with van der Waals surface area (Å²) in [6, 6.07) is 5.14. The lowest BCUT2D eigenvalue weighted by Gasteiger charge is -2.08. The highest BCUT2D eigenvalue weighted by molar-refractivity contribution is 6.22. The fourth-order valence-corrected chi connectivity index (χ4v) is 2.25. The predicted molar refractivity (Wildman–Crippen MR) is 73.0 cm³/mol. The number of nitro benzene ring substituents is 1. The van der Waals surface area contributed by atoms with Crippen LogP contribution in [0.15, 0.2) is 24.3 Å². The van der Waals surface area contributed by atoms with E-state index in [1.54, 1.807) is 0 Å². The van der Waals surface area contributed by atoms with Gasteiger partial charge in [-0.15, -0.1) is 0 Å². The number of aliphatic hydroxyl groups excluding tert-OH is 1. The highest BCUT2D eigenvalue weighted by atomic mass is 16.6. The molecule has 0 aliphatic carbocycles. The number of Topliss-reactive ketones (excluding diaryl/α,β-unsaturated/α-hetero) is 2. The van der Waals surface area contributed by atoms with Gasteiger partial charge in [0.2, 0.25) is 0 Å². The number of ether oxygens (including phenoxy) is 1. The molecule has 9 heteroatoms. The van der Waals surface area contributed by atoms with Gasteiger partial charge in [-0.1, -0.05) is 12.1 Å². The largest absolute Gasteiger partial charge is 0.453 e. The molecule has 2 N–H and O–H groups in total. The van der Waals surface area contributed by atoms with E-state index in [0.717, 1.165) is 0 Å². The molecule has 1 aliphatic rings. The van der Waals surface area contributed by atoms with E-state index in [0.29, 0.717) is 5.56 Å². The van der Waals surface area contributed by atoms with Crippen molar-refractivity contribution < 1.29 is 34.3 Å². The van der Waals surface area contributed by atoms with Gasteiger partial charge in [0.15, 0.2) is 29.9 Å². The van der Waals surface area contributed by atoms with Crippen molar-refractivity contribution in [2.24, 2.45) is 5.92 Å². The maximum Gasteiger partial charge on any atom is 0.325 e. The van der Waals surface area contributed by atoms with Crippen molar-refractivity contribution in [1.29, 1.82) is 0 Å². The summed E-state index contributed by atoms with van der Waals surface area (Å²) < 4.78 is 4.69. The average Bonchev–Trinajstić information content (AvgIpc) is 2.73. The molecule has 2 atom stereocenters. The van der Waals surface area contributed by atoms with Crippen LogP contribution >= 0.6 is 0 Å². The maximum absolute atomic E-state index is 12.1. The smallest absolute Gasteiger partial charge is 0.325 e. The minimum Gasteiger partial charge on any atom is -0.453 e. The van der Waals surface area contributed by atoms with E-state index in [1.165, 1.54) is 24.3 Å². The summed E-state index contributed by atoms with van der Waals surface area (Å²) in [5.74, 6) is -4.14. The molecular weight excluding hydrogens is 310 g/mol. The number of carbonyl (C=O) groups is 3. The Morgan fingerprint density at radius 2 is 1.87 bits per heavy atom. The number of aliphatic hydroxyl groups is 2. The first-order chi connectivity index (χ1) is 10.8. The molecule has 1 fully saturated rings. The molecule has 2 rings (SSSR count). The van der Waals surface area contributed by atoms with Gasteiger partial charge in [0.25, 0.3) is 5.69 Å². The molecule has 0 amide bonds. The van der Waals surface area contributed by atoms with Crippen molar-refractivity contribution in [3.63, 3.8) is 0 Å². The van der Waals surface area contributed by atoms with E-state index in [-0.39, 0.29) is 12.1 Å². The Bertz CT molecular complexity index is 651. The first-order valence-electron chi connectivity index (χ1n) is 6.66. The Hall–Kier alpha value is -2.65. The molecule has 122 valence electrons. The van der Waals surface area contributed by atoms with Crippen molar-refractivity contribution in [1.82, 2.24) is 0 Å². The molecular formula is C14H13NO8. The second kappa shape index (κ2) is 6.63. The number of nitrogens with zero attached hydrogens (tertiary/aromatic N) is 1. The molecule has 0 spiro atoms. The zero-order valence-corrected chi connectivity index (χ0v) is 11.7. The first-order valence-corrected chi connectivity index (χ1v) is 6.66. The van der Waals surface area contributed by atoms with Crippen molar-refractivity contribution in [3.8, 4) is 0 Å². The summed E-state index contributed by atoms with van der Waals surface area (Å²) >= 11 is 0. The van der Waals surface area contributed by atoms with Crippen LogP contribution in [0.1, 0.15) is 12.0 Å². The van der Waals surface area contributed by atoms with Crippen LogP contribution in [0, 0.1) is 16.0 Å². The molecule has 1 aliphatic heterocycles. The number of carbonyl (C=O) groups excluding carboxylic acids is 3. The van der Waals surface area contributed by atoms with E-state index in [1.807, 2.05) is 0 Å². The van der Waals surface area contributed by atoms with Crippen LogP contribution in [0.4, 0.5) is 5.69 Å². The average molecular weight is 323 g/mol. The number of esters is 1. The van der Waals surface area contributed by atoms with Crippen LogP contribution in [0.25, 0.3) is 0 Å². The minimum absolute atomic E-state index is 0.144. The Morgan fingerprint density at radius 3 is 2.39 bits per heavy atom. The number of ketones is 2. The number of hydrogen-bond donors (Lipinski definition) is 2. The van der Waals surface area contributed by atoms with Crippen molar-refractivity contribution in [3.05, 3.63) is 39.9 Å². The lowest BCUT2D eigenvalue weighted by Crippen LogP contribution is -2.30. The summed E-state index contributed by atoms with van der Waals surface area (Å²) in [6.45, 7) is 0. The van der Waals surface area contributed by atoms with E-state index >= 15 is 0 Å². The van der Waals surface area contributed by atoms with Gasteiger partial charge in [-0.05, 0) is 5.56 Å². The van der Waals surface area contributed by atoms with Crippen LogP contribution in [-0.4, -0.2) is 45.1 Å². The molecule has 2 unspecified atom stereocenters. The fourth-order valence-electron chi connectivity index (χ4n) is 2.25. The normalized spacial score (nSPS) is 20.7. The number of nitro groups is 1. The molecule has 1 aromatic rings. The van der Waals surface area contributed by atoms with Crippen LogP contribution in [0.2, 0.25) is 0 Å². The van der Waals surface area contributed by atoms with Gasteiger partial charge < -0.3 is 14.9 Å². The van der Waals surface area contributed by atoms with Crippen LogP contribution in [-0.2, 0) is 25.5 Å². The van der Waals surface area contributed by atoms with Gasteiger partial charge in [-0.2, -0.15) is 0 Å². The predicted octanol–water partition coefficient (Wildman–Crippen LogP) is -0.482. The first kappa shape index (κ1) is 16.7. The lowest BCUT2D eigenvalue weighted by molar-refractivity contribution is -0.384. The Kier molecular flexibility index (Phi) is 4.82.